The Bertz CT molecular complexity index is 494. The van der Waals surface area contributed by atoms with E-state index in [2.05, 4.69) is 10.1 Å². The van der Waals surface area contributed by atoms with E-state index < -0.39 is 16.8 Å². The highest BCUT2D eigenvalue weighted by molar-refractivity contribution is 7.84. The predicted molar refractivity (Wildman–Crippen MR) is 79.2 cm³/mol. The lowest BCUT2D eigenvalue weighted by Gasteiger charge is -2.13. The lowest BCUT2D eigenvalue weighted by atomic mass is 10.1. The van der Waals surface area contributed by atoms with Gasteiger partial charge < -0.3 is 15.8 Å². The summed E-state index contributed by atoms with van der Waals surface area (Å²) in [5.41, 5.74) is 6.76. The second kappa shape index (κ2) is 7.35. The topological polar surface area (TPSA) is 81.4 Å². The summed E-state index contributed by atoms with van der Waals surface area (Å²) in [5, 5.41) is 3.34. The Labute approximate surface area is 119 Å². The van der Waals surface area contributed by atoms with Gasteiger partial charge in [-0.25, -0.2) is 4.79 Å². The van der Waals surface area contributed by atoms with Gasteiger partial charge in [-0.3, -0.25) is 4.21 Å². The van der Waals surface area contributed by atoms with Gasteiger partial charge in [-0.15, -0.1) is 0 Å². The van der Waals surface area contributed by atoms with E-state index in [1.807, 2.05) is 6.92 Å². The van der Waals surface area contributed by atoms with Gasteiger partial charge in [-0.2, -0.15) is 0 Å². The maximum Gasteiger partial charge on any atom is 0.340 e. The molecule has 0 aliphatic rings. The molecule has 0 bridgehead atoms. The fourth-order valence-corrected chi connectivity index (χ4v) is 2.43. The highest BCUT2D eigenvalue weighted by atomic mass is 35.5. The Balaban J connectivity index is 2.92. The number of nitrogen functional groups attached to an aromatic ring is 1. The Kier molecular flexibility index (Phi) is 6.11. The van der Waals surface area contributed by atoms with E-state index in [0.717, 1.165) is 0 Å². The van der Waals surface area contributed by atoms with E-state index in [9.17, 15) is 9.00 Å². The molecule has 1 aromatic carbocycles. The van der Waals surface area contributed by atoms with Crippen LogP contribution >= 0.6 is 11.6 Å². The molecule has 0 fully saturated rings. The number of carbonyl (C=O) groups excluding carboxylic acids is 1. The normalized spacial score (nSPS) is 11.9. The standard InChI is InChI=1S/C12H17ClN2O3S/c1-3-19(17)5-4-15-11-9(12(16)18-2)6-8(14)7-10(11)13/h6-7,15H,3-5,14H2,1-2H3. The van der Waals surface area contributed by atoms with Crippen LogP contribution in [0.25, 0.3) is 0 Å². The summed E-state index contributed by atoms with van der Waals surface area (Å²) in [6.07, 6.45) is 0. The number of hydrogen-bond donors (Lipinski definition) is 2. The second-order valence-corrected chi connectivity index (χ2v) is 6.05. The molecule has 0 amide bonds. The highest BCUT2D eigenvalue weighted by Crippen LogP contribution is 2.29. The van der Waals surface area contributed by atoms with Crippen LogP contribution in [0.1, 0.15) is 17.3 Å². The largest absolute Gasteiger partial charge is 0.465 e. The van der Waals surface area contributed by atoms with E-state index in [0.29, 0.717) is 34.4 Å². The first-order valence-corrected chi connectivity index (χ1v) is 7.62. The molecule has 0 radical (unpaired) electrons. The monoisotopic (exact) mass is 304 g/mol. The number of halogens is 1. The number of carbonyl (C=O) groups is 1. The summed E-state index contributed by atoms with van der Waals surface area (Å²) in [6, 6.07) is 3.05. The number of anilines is 2. The summed E-state index contributed by atoms with van der Waals surface area (Å²) in [4.78, 5) is 11.7. The molecule has 1 atom stereocenters. The van der Waals surface area contributed by atoms with Gasteiger partial charge in [0.1, 0.15) is 0 Å². The zero-order valence-corrected chi connectivity index (χ0v) is 12.4. The lowest BCUT2D eigenvalue weighted by molar-refractivity contribution is 0.0602. The minimum Gasteiger partial charge on any atom is -0.465 e. The molecular weight excluding hydrogens is 288 g/mol. The first-order valence-electron chi connectivity index (χ1n) is 5.75. The number of esters is 1. The van der Waals surface area contributed by atoms with E-state index in [-0.39, 0.29) is 5.56 Å². The first-order chi connectivity index (χ1) is 8.99. The molecule has 0 spiro atoms. The van der Waals surface area contributed by atoms with Crippen molar-refractivity contribution in [2.24, 2.45) is 0 Å². The third-order valence-electron chi connectivity index (χ3n) is 2.47. The van der Waals surface area contributed by atoms with Crippen LogP contribution in [0.3, 0.4) is 0 Å². The van der Waals surface area contributed by atoms with Crippen LogP contribution in [0.4, 0.5) is 11.4 Å². The van der Waals surface area contributed by atoms with Crippen molar-refractivity contribution in [3.8, 4) is 0 Å². The highest BCUT2D eigenvalue weighted by Gasteiger charge is 2.16. The Morgan fingerprint density at radius 3 is 2.79 bits per heavy atom. The van der Waals surface area contributed by atoms with Crippen LogP contribution < -0.4 is 11.1 Å². The van der Waals surface area contributed by atoms with Gasteiger partial charge in [0.2, 0.25) is 0 Å². The summed E-state index contributed by atoms with van der Waals surface area (Å²) in [5.74, 6) is 0.562. The molecule has 0 saturated heterocycles. The zero-order chi connectivity index (χ0) is 14.4. The van der Waals surface area contributed by atoms with Gasteiger partial charge in [-0.05, 0) is 12.1 Å². The Hall–Kier alpha value is -1.27. The Morgan fingerprint density at radius 2 is 2.21 bits per heavy atom. The van der Waals surface area contributed by atoms with Crippen molar-refractivity contribution in [2.45, 2.75) is 6.92 Å². The molecular formula is C12H17ClN2O3S. The van der Waals surface area contributed by atoms with Crippen LogP contribution in [0.5, 0.6) is 0 Å². The number of rotatable bonds is 6. The molecule has 19 heavy (non-hydrogen) atoms. The van der Waals surface area contributed by atoms with E-state index in [4.69, 9.17) is 17.3 Å². The molecule has 7 heteroatoms. The molecule has 0 saturated carbocycles. The molecule has 5 nitrogen and oxygen atoms in total. The van der Waals surface area contributed by atoms with Crippen molar-refractivity contribution >= 4 is 39.7 Å². The van der Waals surface area contributed by atoms with Gasteiger partial charge in [0.25, 0.3) is 0 Å². The maximum absolute atomic E-state index is 11.7. The minimum absolute atomic E-state index is 0.273. The molecule has 3 N–H and O–H groups in total. The first kappa shape index (κ1) is 15.8. The summed E-state index contributed by atoms with van der Waals surface area (Å²) in [6.45, 7) is 2.31. The van der Waals surface area contributed by atoms with Crippen LogP contribution in [-0.4, -0.2) is 35.3 Å². The summed E-state index contributed by atoms with van der Waals surface area (Å²) < 4.78 is 16.0. The van der Waals surface area contributed by atoms with E-state index in [1.54, 1.807) is 6.07 Å². The molecule has 1 rings (SSSR count). The number of nitrogens with one attached hydrogen (secondary N) is 1. The molecule has 106 valence electrons. The van der Waals surface area contributed by atoms with Gasteiger partial charge in [0.15, 0.2) is 0 Å². The van der Waals surface area contributed by atoms with Crippen LogP contribution in [0.15, 0.2) is 12.1 Å². The number of benzene rings is 1. The van der Waals surface area contributed by atoms with Crippen molar-refractivity contribution in [2.75, 3.05) is 36.2 Å². The quantitative estimate of drug-likeness (QED) is 0.619. The second-order valence-electron chi connectivity index (χ2n) is 3.78. The van der Waals surface area contributed by atoms with Crippen LogP contribution in [0.2, 0.25) is 5.02 Å². The number of nitrogens with two attached hydrogens (primary N) is 1. The molecule has 0 aliphatic carbocycles. The van der Waals surface area contributed by atoms with Crippen molar-refractivity contribution in [3.63, 3.8) is 0 Å². The fourth-order valence-electron chi connectivity index (χ4n) is 1.51. The maximum atomic E-state index is 11.7. The molecule has 1 unspecified atom stereocenters. The average molecular weight is 305 g/mol. The minimum atomic E-state index is -0.877. The van der Waals surface area contributed by atoms with Crippen LogP contribution in [-0.2, 0) is 15.5 Å². The fraction of sp³-hybridized carbons (Fsp3) is 0.417. The number of ether oxygens (including phenoxy) is 1. The number of methoxy groups -OCH3 is 1. The van der Waals surface area contributed by atoms with Gasteiger partial charge in [0, 0.05) is 34.5 Å². The van der Waals surface area contributed by atoms with Crippen molar-refractivity contribution in [1.29, 1.82) is 0 Å². The third kappa shape index (κ3) is 4.40. The van der Waals surface area contributed by atoms with Gasteiger partial charge >= 0.3 is 5.97 Å². The molecule has 0 aromatic heterocycles. The van der Waals surface area contributed by atoms with Crippen molar-refractivity contribution in [1.82, 2.24) is 0 Å². The number of hydrogen-bond acceptors (Lipinski definition) is 5. The summed E-state index contributed by atoms with van der Waals surface area (Å²) in [7, 11) is 0.410. The zero-order valence-electron chi connectivity index (χ0n) is 10.9. The SMILES string of the molecule is CCS(=O)CCNc1c(Cl)cc(N)cc1C(=O)OC. The average Bonchev–Trinajstić information content (AvgIpc) is 2.39. The third-order valence-corrected chi connectivity index (χ3v) is 4.07. The lowest BCUT2D eigenvalue weighted by Crippen LogP contribution is -2.15. The smallest absolute Gasteiger partial charge is 0.340 e. The predicted octanol–water partition coefficient (Wildman–Crippen LogP) is 1.89. The molecule has 1 aromatic rings. The van der Waals surface area contributed by atoms with Crippen molar-refractivity contribution in [3.05, 3.63) is 22.7 Å². The molecule has 0 heterocycles. The van der Waals surface area contributed by atoms with Crippen LogP contribution in [0, 0.1) is 0 Å². The van der Waals surface area contributed by atoms with E-state index in [1.165, 1.54) is 13.2 Å². The Morgan fingerprint density at radius 1 is 1.53 bits per heavy atom. The van der Waals surface area contributed by atoms with Crippen molar-refractivity contribution < 1.29 is 13.7 Å². The van der Waals surface area contributed by atoms with E-state index >= 15 is 0 Å². The van der Waals surface area contributed by atoms with Gasteiger partial charge in [0.05, 0.1) is 23.4 Å². The molecule has 0 aliphatic heterocycles. The van der Waals surface area contributed by atoms with Gasteiger partial charge in [-0.1, -0.05) is 18.5 Å². The summed E-state index contributed by atoms with van der Waals surface area (Å²) >= 11 is 6.06.